The lowest BCUT2D eigenvalue weighted by Gasteiger charge is -2.07. The van der Waals surface area contributed by atoms with Crippen molar-refractivity contribution in [3.05, 3.63) is 57.1 Å². The molecular formula is C16H14N4O3S. The van der Waals surface area contributed by atoms with Gasteiger partial charge in [0.1, 0.15) is 0 Å². The molecule has 2 N–H and O–H groups in total. The number of benzene rings is 1. The summed E-state index contributed by atoms with van der Waals surface area (Å²) in [7, 11) is 0. The van der Waals surface area contributed by atoms with Gasteiger partial charge in [-0.2, -0.15) is 10.1 Å². The van der Waals surface area contributed by atoms with E-state index in [9.17, 15) is 9.59 Å². The van der Waals surface area contributed by atoms with Gasteiger partial charge in [0, 0.05) is 5.39 Å². The van der Waals surface area contributed by atoms with Gasteiger partial charge in [0.2, 0.25) is 0 Å². The molecular weight excluding hydrogens is 328 g/mol. The van der Waals surface area contributed by atoms with Crippen LogP contribution in [0, 0.1) is 0 Å². The van der Waals surface area contributed by atoms with Crippen LogP contribution >= 0.6 is 11.3 Å². The topological polar surface area (TPSA) is 96.4 Å². The van der Waals surface area contributed by atoms with Gasteiger partial charge in [0.15, 0.2) is 11.5 Å². The standard InChI is InChI=1S/C16H14N4O3S/c1-2-23-15(21)13(12-8-5-9-24-12)19-20-14-10-6-3-4-7-11(10)17-16(22)18-14/h3-9H,2H2,1H3,(H2,17,18,20,22)/b19-13-. The molecule has 0 saturated heterocycles. The van der Waals surface area contributed by atoms with Crippen molar-refractivity contribution in [2.24, 2.45) is 5.10 Å². The van der Waals surface area contributed by atoms with Crippen LogP contribution in [-0.4, -0.2) is 28.3 Å². The monoisotopic (exact) mass is 342 g/mol. The first kappa shape index (κ1) is 15.9. The number of thiophene rings is 1. The van der Waals surface area contributed by atoms with E-state index in [1.807, 2.05) is 17.5 Å². The van der Waals surface area contributed by atoms with Crippen LogP contribution in [0.25, 0.3) is 10.9 Å². The second-order valence-corrected chi connectivity index (χ2v) is 5.65. The number of nitrogens with one attached hydrogen (secondary N) is 2. The number of fused-ring (bicyclic) bond motifs is 1. The first-order valence-corrected chi connectivity index (χ1v) is 8.10. The highest BCUT2D eigenvalue weighted by Gasteiger charge is 2.17. The molecule has 0 amide bonds. The van der Waals surface area contributed by atoms with Crippen LogP contribution in [0.5, 0.6) is 0 Å². The van der Waals surface area contributed by atoms with Crippen molar-refractivity contribution >= 4 is 39.7 Å². The van der Waals surface area contributed by atoms with Gasteiger partial charge in [-0.05, 0) is 30.5 Å². The molecule has 8 heteroatoms. The molecule has 0 saturated carbocycles. The maximum Gasteiger partial charge on any atom is 0.360 e. The SMILES string of the molecule is CCOC(=O)/C(=N\Nc1nc(=O)[nH]c2ccccc12)c1cccs1. The highest BCUT2D eigenvalue weighted by Crippen LogP contribution is 2.18. The predicted octanol–water partition coefficient (Wildman–Crippen LogP) is 2.36. The molecule has 0 aliphatic heterocycles. The lowest BCUT2D eigenvalue weighted by molar-refractivity contribution is -0.134. The van der Waals surface area contributed by atoms with E-state index in [1.54, 1.807) is 31.2 Å². The number of hydrogen-bond acceptors (Lipinski definition) is 7. The number of hydrazone groups is 1. The Hall–Kier alpha value is -3.00. The van der Waals surface area contributed by atoms with Crippen molar-refractivity contribution in [3.8, 4) is 0 Å². The lowest BCUT2D eigenvalue weighted by Crippen LogP contribution is -2.20. The highest BCUT2D eigenvalue weighted by molar-refractivity contribution is 7.13. The van der Waals surface area contributed by atoms with Gasteiger partial charge in [-0.3, -0.25) is 5.43 Å². The van der Waals surface area contributed by atoms with E-state index in [-0.39, 0.29) is 18.1 Å². The molecule has 7 nitrogen and oxygen atoms in total. The largest absolute Gasteiger partial charge is 0.461 e. The van der Waals surface area contributed by atoms with Crippen LogP contribution < -0.4 is 11.1 Å². The third-order valence-electron chi connectivity index (χ3n) is 3.13. The molecule has 122 valence electrons. The van der Waals surface area contributed by atoms with E-state index in [0.717, 1.165) is 0 Å². The van der Waals surface area contributed by atoms with Crippen LogP contribution in [0.4, 0.5) is 5.82 Å². The molecule has 1 aromatic carbocycles. The average molecular weight is 342 g/mol. The molecule has 3 rings (SSSR count). The second kappa shape index (κ2) is 7.05. The summed E-state index contributed by atoms with van der Waals surface area (Å²) < 4.78 is 5.04. The lowest BCUT2D eigenvalue weighted by atomic mass is 10.2. The summed E-state index contributed by atoms with van der Waals surface area (Å²) in [6.07, 6.45) is 0. The molecule has 0 spiro atoms. The van der Waals surface area contributed by atoms with E-state index < -0.39 is 11.7 Å². The van der Waals surface area contributed by atoms with Gasteiger partial charge < -0.3 is 9.72 Å². The second-order valence-electron chi connectivity index (χ2n) is 4.71. The molecule has 3 aromatic rings. The molecule has 24 heavy (non-hydrogen) atoms. The van der Waals surface area contributed by atoms with Gasteiger partial charge in [-0.25, -0.2) is 9.59 Å². The van der Waals surface area contributed by atoms with Gasteiger partial charge in [0.05, 0.1) is 17.0 Å². The molecule has 0 aliphatic carbocycles. The third-order valence-corrected chi connectivity index (χ3v) is 4.01. The summed E-state index contributed by atoms with van der Waals surface area (Å²) in [5, 5.41) is 6.66. The van der Waals surface area contributed by atoms with E-state index >= 15 is 0 Å². The maximum absolute atomic E-state index is 12.1. The first-order valence-electron chi connectivity index (χ1n) is 7.23. The fourth-order valence-electron chi connectivity index (χ4n) is 2.11. The summed E-state index contributed by atoms with van der Waals surface area (Å²) in [5.74, 6) is -0.269. The summed E-state index contributed by atoms with van der Waals surface area (Å²) in [6.45, 7) is 1.97. The van der Waals surface area contributed by atoms with Crippen molar-refractivity contribution in [1.82, 2.24) is 9.97 Å². The third kappa shape index (κ3) is 3.33. The number of esters is 1. The smallest absolute Gasteiger partial charge is 0.360 e. The molecule has 0 fully saturated rings. The molecule has 0 radical (unpaired) electrons. The molecule has 0 bridgehead atoms. The van der Waals surface area contributed by atoms with Crippen molar-refractivity contribution in [2.75, 3.05) is 12.0 Å². The van der Waals surface area contributed by atoms with Gasteiger partial charge in [0.25, 0.3) is 0 Å². The summed E-state index contributed by atoms with van der Waals surface area (Å²) in [4.78, 5) is 31.0. The Morgan fingerprint density at radius 1 is 1.33 bits per heavy atom. The number of ether oxygens (including phenoxy) is 1. The Balaban J connectivity index is 2.01. The van der Waals surface area contributed by atoms with E-state index in [4.69, 9.17) is 4.74 Å². The number of rotatable bonds is 5. The minimum atomic E-state index is -0.540. The van der Waals surface area contributed by atoms with Crippen LogP contribution in [-0.2, 0) is 9.53 Å². The predicted molar refractivity (Wildman–Crippen MR) is 93.5 cm³/mol. The minimum absolute atomic E-state index is 0.137. The van der Waals surface area contributed by atoms with Gasteiger partial charge >= 0.3 is 11.7 Å². The summed E-state index contributed by atoms with van der Waals surface area (Å²) in [6, 6.07) is 10.8. The molecule has 2 aromatic heterocycles. The summed E-state index contributed by atoms with van der Waals surface area (Å²) >= 11 is 1.37. The number of aromatic amines is 1. The molecule has 0 aliphatic rings. The molecule has 0 unspecified atom stereocenters. The molecule has 0 atom stereocenters. The Labute approximate surface area is 141 Å². The molecule has 2 heterocycles. The Kier molecular flexibility index (Phi) is 4.66. The van der Waals surface area contributed by atoms with Crippen molar-refractivity contribution < 1.29 is 9.53 Å². The quantitative estimate of drug-likeness (QED) is 0.421. The summed E-state index contributed by atoms with van der Waals surface area (Å²) in [5.41, 5.74) is 2.98. The first-order chi connectivity index (χ1) is 11.7. The van der Waals surface area contributed by atoms with E-state index in [2.05, 4.69) is 20.5 Å². The van der Waals surface area contributed by atoms with Crippen molar-refractivity contribution in [3.63, 3.8) is 0 Å². The van der Waals surface area contributed by atoms with Crippen LogP contribution in [0.3, 0.4) is 0 Å². The Bertz CT molecular complexity index is 947. The van der Waals surface area contributed by atoms with Crippen molar-refractivity contribution in [2.45, 2.75) is 6.92 Å². The number of hydrogen-bond donors (Lipinski definition) is 2. The van der Waals surface area contributed by atoms with Gasteiger partial charge in [-0.1, -0.05) is 18.2 Å². The van der Waals surface area contributed by atoms with Crippen LogP contribution in [0.15, 0.2) is 51.7 Å². The highest BCUT2D eigenvalue weighted by atomic mass is 32.1. The normalized spacial score (nSPS) is 11.5. The zero-order valence-corrected chi connectivity index (χ0v) is 13.6. The number of H-pyrrole nitrogens is 1. The Morgan fingerprint density at radius 3 is 2.92 bits per heavy atom. The number of para-hydroxylation sites is 1. The zero-order chi connectivity index (χ0) is 16.9. The number of carbonyl (C=O) groups is 1. The van der Waals surface area contributed by atoms with Crippen LogP contribution in [0.1, 0.15) is 11.8 Å². The zero-order valence-electron chi connectivity index (χ0n) is 12.8. The van der Waals surface area contributed by atoms with E-state index in [0.29, 0.717) is 15.8 Å². The van der Waals surface area contributed by atoms with Crippen LogP contribution in [0.2, 0.25) is 0 Å². The number of nitrogens with zero attached hydrogens (tertiary/aromatic N) is 2. The van der Waals surface area contributed by atoms with Gasteiger partial charge in [-0.15, -0.1) is 11.3 Å². The fourth-order valence-corrected chi connectivity index (χ4v) is 2.81. The average Bonchev–Trinajstić information content (AvgIpc) is 3.09. The number of anilines is 1. The number of carbonyl (C=O) groups excluding carboxylic acids is 1. The maximum atomic E-state index is 12.1. The fraction of sp³-hybridized carbons (Fsp3) is 0.125. The number of aromatic nitrogens is 2. The minimum Gasteiger partial charge on any atom is -0.461 e. The van der Waals surface area contributed by atoms with Crippen molar-refractivity contribution in [1.29, 1.82) is 0 Å². The Morgan fingerprint density at radius 2 is 2.17 bits per heavy atom. The van der Waals surface area contributed by atoms with E-state index in [1.165, 1.54) is 11.3 Å².